The van der Waals surface area contributed by atoms with Crippen LogP contribution >= 0.6 is 0 Å². The van der Waals surface area contributed by atoms with Crippen LogP contribution in [0, 0.1) is 0 Å². The van der Waals surface area contributed by atoms with Crippen LogP contribution in [0.25, 0.3) is 0 Å². The predicted molar refractivity (Wildman–Crippen MR) is 90.0 cm³/mol. The van der Waals surface area contributed by atoms with Crippen LogP contribution in [0.4, 0.5) is 0 Å². The summed E-state index contributed by atoms with van der Waals surface area (Å²) in [5, 5.41) is 7.06. The average Bonchev–Trinajstić information content (AvgIpc) is 2.47. The molecule has 0 atom stereocenters. The third-order valence-corrected chi connectivity index (χ3v) is 3.38. The van der Waals surface area contributed by atoms with Gasteiger partial charge in [-0.3, -0.25) is 4.79 Å². The monoisotopic (exact) mass is 305 g/mol. The molecule has 0 radical (unpaired) electrons. The first-order valence-corrected chi connectivity index (χ1v) is 7.58. The molecule has 5 heteroatoms. The molecule has 1 aromatic rings. The SMILES string of the molecule is CCC(C)(C)NC(=O)/C(=N/OCCN(C)C)c1ccccc1. The van der Waals surface area contributed by atoms with Gasteiger partial charge in [0, 0.05) is 17.6 Å². The molecule has 122 valence electrons. The Balaban J connectivity index is 2.87. The fourth-order valence-electron chi connectivity index (χ4n) is 1.61. The fraction of sp³-hybridized carbons (Fsp3) is 0.529. The van der Waals surface area contributed by atoms with Gasteiger partial charge in [-0.2, -0.15) is 0 Å². The topological polar surface area (TPSA) is 53.9 Å². The van der Waals surface area contributed by atoms with Crippen molar-refractivity contribution in [3.05, 3.63) is 35.9 Å². The van der Waals surface area contributed by atoms with Crippen molar-refractivity contribution in [2.75, 3.05) is 27.2 Å². The maximum Gasteiger partial charge on any atom is 0.274 e. The average molecular weight is 305 g/mol. The molecule has 22 heavy (non-hydrogen) atoms. The van der Waals surface area contributed by atoms with Crippen LogP contribution in [-0.2, 0) is 9.63 Å². The summed E-state index contributed by atoms with van der Waals surface area (Å²) in [6.07, 6.45) is 0.836. The first-order valence-electron chi connectivity index (χ1n) is 7.58. The van der Waals surface area contributed by atoms with Crippen molar-refractivity contribution in [1.29, 1.82) is 0 Å². The second kappa shape index (κ2) is 8.54. The molecule has 0 aromatic heterocycles. The summed E-state index contributed by atoms with van der Waals surface area (Å²) in [4.78, 5) is 19.8. The Morgan fingerprint density at radius 1 is 1.27 bits per heavy atom. The van der Waals surface area contributed by atoms with Gasteiger partial charge in [0.1, 0.15) is 6.61 Å². The summed E-state index contributed by atoms with van der Waals surface area (Å²) in [7, 11) is 3.92. The van der Waals surface area contributed by atoms with Crippen LogP contribution in [-0.4, -0.2) is 49.3 Å². The van der Waals surface area contributed by atoms with Gasteiger partial charge in [-0.25, -0.2) is 0 Å². The number of carbonyl (C=O) groups excluding carboxylic acids is 1. The van der Waals surface area contributed by atoms with Crippen molar-refractivity contribution in [3.8, 4) is 0 Å². The number of hydrogen-bond acceptors (Lipinski definition) is 4. The molecule has 0 aliphatic rings. The highest BCUT2D eigenvalue weighted by Gasteiger charge is 2.23. The normalized spacial score (nSPS) is 12.4. The Hall–Kier alpha value is -1.88. The Kier molecular flexibility index (Phi) is 7.05. The van der Waals surface area contributed by atoms with Gasteiger partial charge in [0.25, 0.3) is 5.91 Å². The van der Waals surface area contributed by atoms with Crippen molar-refractivity contribution in [2.45, 2.75) is 32.7 Å². The van der Waals surface area contributed by atoms with E-state index < -0.39 is 0 Å². The predicted octanol–water partition coefficient (Wildman–Crippen LogP) is 2.27. The Morgan fingerprint density at radius 2 is 1.91 bits per heavy atom. The van der Waals surface area contributed by atoms with Crippen molar-refractivity contribution >= 4 is 11.6 Å². The highest BCUT2D eigenvalue weighted by atomic mass is 16.6. The number of nitrogens with one attached hydrogen (secondary N) is 1. The lowest BCUT2D eigenvalue weighted by Crippen LogP contribution is -2.46. The zero-order valence-electron chi connectivity index (χ0n) is 14.2. The summed E-state index contributed by atoms with van der Waals surface area (Å²) in [6, 6.07) is 9.37. The Morgan fingerprint density at radius 3 is 2.45 bits per heavy atom. The quantitative estimate of drug-likeness (QED) is 0.455. The lowest BCUT2D eigenvalue weighted by atomic mass is 10.0. The van der Waals surface area contributed by atoms with E-state index in [1.165, 1.54) is 0 Å². The molecular formula is C17H27N3O2. The van der Waals surface area contributed by atoms with Gasteiger partial charge < -0.3 is 15.1 Å². The van der Waals surface area contributed by atoms with E-state index in [0.717, 1.165) is 18.5 Å². The summed E-state index contributed by atoms with van der Waals surface area (Å²) in [6.45, 7) is 7.19. The molecule has 5 nitrogen and oxygen atoms in total. The van der Waals surface area contributed by atoms with E-state index in [1.54, 1.807) is 0 Å². The van der Waals surface area contributed by atoms with E-state index in [1.807, 2.05) is 70.1 Å². The standard InChI is InChI=1S/C17H27N3O2/c1-6-17(2,3)18-16(21)15(14-10-8-7-9-11-14)19-22-13-12-20(4)5/h7-11H,6,12-13H2,1-5H3,(H,18,21)/b19-15+. The van der Waals surface area contributed by atoms with Crippen molar-refractivity contribution < 1.29 is 9.63 Å². The van der Waals surface area contributed by atoms with Crippen LogP contribution in [0.1, 0.15) is 32.8 Å². The van der Waals surface area contributed by atoms with Gasteiger partial charge >= 0.3 is 0 Å². The van der Waals surface area contributed by atoms with Gasteiger partial charge in [0.15, 0.2) is 5.71 Å². The second-order valence-corrected chi connectivity index (χ2v) is 6.13. The van der Waals surface area contributed by atoms with E-state index in [9.17, 15) is 4.79 Å². The molecule has 0 aliphatic heterocycles. The number of benzene rings is 1. The van der Waals surface area contributed by atoms with Gasteiger partial charge in [-0.05, 0) is 34.4 Å². The molecule has 0 bridgehead atoms. The lowest BCUT2D eigenvalue weighted by Gasteiger charge is -2.24. The summed E-state index contributed by atoms with van der Waals surface area (Å²) in [5.74, 6) is -0.220. The largest absolute Gasteiger partial charge is 0.394 e. The van der Waals surface area contributed by atoms with Gasteiger partial charge in [-0.1, -0.05) is 42.4 Å². The smallest absolute Gasteiger partial charge is 0.274 e. The minimum atomic E-state index is -0.281. The number of hydrogen-bond donors (Lipinski definition) is 1. The Labute approximate surface area is 133 Å². The molecule has 0 saturated carbocycles. The van der Waals surface area contributed by atoms with E-state index in [2.05, 4.69) is 10.5 Å². The minimum Gasteiger partial charge on any atom is -0.394 e. The molecule has 0 spiro atoms. The lowest BCUT2D eigenvalue weighted by molar-refractivity contribution is -0.116. The molecule has 0 saturated heterocycles. The number of amides is 1. The van der Waals surface area contributed by atoms with Crippen LogP contribution in [0.5, 0.6) is 0 Å². The maximum absolute atomic E-state index is 12.5. The number of nitrogens with zero attached hydrogens (tertiary/aromatic N) is 2. The molecule has 1 aromatic carbocycles. The molecule has 0 unspecified atom stereocenters. The fourth-order valence-corrected chi connectivity index (χ4v) is 1.61. The van der Waals surface area contributed by atoms with Crippen molar-refractivity contribution in [1.82, 2.24) is 10.2 Å². The molecule has 0 heterocycles. The van der Waals surface area contributed by atoms with Gasteiger partial charge in [0.05, 0.1) is 0 Å². The number of carbonyl (C=O) groups is 1. The van der Waals surface area contributed by atoms with E-state index >= 15 is 0 Å². The first kappa shape index (κ1) is 18.2. The minimum absolute atomic E-state index is 0.220. The summed E-state index contributed by atoms with van der Waals surface area (Å²) in [5.41, 5.74) is 0.772. The number of oxime groups is 1. The van der Waals surface area contributed by atoms with Gasteiger partial charge in [-0.15, -0.1) is 0 Å². The molecule has 0 aliphatic carbocycles. The van der Waals surface area contributed by atoms with Crippen LogP contribution in [0.15, 0.2) is 35.5 Å². The zero-order chi connectivity index (χ0) is 16.6. The van der Waals surface area contributed by atoms with Crippen LogP contribution < -0.4 is 5.32 Å². The van der Waals surface area contributed by atoms with E-state index in [0.29, 0.717) is 12.3 Å². The molecule has 1 rings (SSSR count). The van der Waals surface area contributed by atoms with Crippen molar-refractivity contribution in [3.63, 3.8) is 0 Å². The second-order valence-electron chi connectivity index (χ2n) is 6.13. The first-order chi connectivity index (χ1) is 10.4. The molecule has 1 N–H and O–H groups in total. The highest BCUT2D eigenvalue weighted by Crippen LogP contribution is 2.09. The van der Waals surface area contributed by atoms with Crippen LogP contribution in [0.2, 0.25) is 0 Å². The zero-order valence-corrected chi connectivity index (χ0v) is 14.2. The maximum atomic E-state index is 12.5. The number of likely N-dealkylation sites (N-methyl/N-ethyl adjacent to an activating group) is 1. The summed E-state index contributed by atoms with van der Waals surface area (Å²) < 4.78 is 0. The highest BCUT2D eigenvalue weighted by molar-refractivity contribution is 6.45. The number of rotatable bonds is 8. The third-order valence-electron chi connectivity index (χ3n) is 3.38. The van der Waals surface area contributed by atoms with E-state index in [4.69, 9.17) is 4.84 Å². The van der Waals surface area contributed by atoms with Crippen LogP contribution in [0.3, 0.4) is 0 Å². The Bertz CT molecular complexity index is 496. The third kappa shape index (κ3) is 6.26. The van der Waals surface area contributed by atoms with Gasteiger partial charge in [0.2, 0.25) is 0 Å². The molecule has 0 fully saturated rings. The molecular weight excluding hydrogens is 278 g/mol. The van der Waals surface area contributed by atoms with E-state index in [-0.39, 0.29) is 11.4 Å². The summed E-state index contributed by atoms with van der Waals surface area (Å²) >= 11 is 0. The van der Waals surface area contributed by atoms with Crippen molar-refractivity contribution in [2.24, 2.45) is 5.16 Å². The molecule has 1 amide bonds.